The summed E-state index contributed by atoms with van der Waals surface area (Å²) < 4.78 is 4.13. The highest BCUT2D eigenvalue weighted by Gasteiger charge is 2.26. The summed E-state index contributed by atoms with van der Waals surface area (Å²) in [7, 11) is 2.06. The van der Waals surface area contributed by atoms with Crippen LogP contribution in [0.3, 0.4) is 0 Å². The van der Waals surface area contributed by atoms with Crippen molar-refractivity contribution in [1.29, 1.82) is 0 Å². The molecule has 1 aromatic carbocycles. The Morgan fingerprint density at radius 1 is 1.16 bits per heavy atom. The van der Waals surface area contributed by atoms with Gasteiger partial charge >= 0.3 is 0 Å². The summed E-state index contributed by atoms with van der Waals surface area (Å²) in [5.74, 6) is 1.11. The maximum absolute atomic E-state index is 4.55. The Morgan fingerprint density at radius 2 is 2.04 bits per heavy atom. The molecule has 0 saturated carbocycles. The quantitative estimate of drug-likeness (QED) is 0.772. The Morgan fingerprint density at radius 3 is 2.84 bits per heavy atom. The van der Waals surface area contributed by atoms with Gasteiger partial charge in [0.15, 0.2) is 0 Å². The van der Waals surface area contributed by atoms with E-state index in [2.05, 4.69) is 62.4 Å². The zero-order valence-corrected chi connectivity index (χ0v) is 14.5. The van der Waals surface area contributed by atoms with Crippen LogP contribution in [0.4, 0.5) is 0 Å². The molecular formula is C19H24N6. The van der Waals surface area contributed by atoms with Gasteiger partial charge in [-0.1, -0.05) is 30.3 Å². The Bertz CT molecular complexity index is 806. The van der Waals surface area contributed by atoms with Crippen LogP contribution in [0.1, 0.15) is 23.0 Å². The van der Waals surface area contributed by atoms with E-state index in [-0.39, 0.29) is 0 Å². The minimum absolute atomic E-state index is 0.297. The normalized spacial score (nSPS) is 18.5. The Hall–Kier alpha value is -2.44. The summed E-state index contributed by atoms with van der Waals surface area (Å²) in [6.07, 6.45) is 8.03. The second-order valence-corrected chi connectivity index (χ2v) is 6.62. The molecule has 1 atom stereocenters. The minimum atomic E-state index is 0.297. The Balaban J connectivity index is 1.46. The van der Waals surface area contributed by atoms with E-state index in [1.165, 1.54) is 11.1 Å². The van der Waals surface area contributed by atoms with Crippen LogP contribution >= 0.6 is 0 Å². The first-order valence-electron chi connectivity index (χ1n) is 8.77. The maximum atomic E-state index is 4.55. The average molecular weight is 336 g/mol. The number of imidazole rings is 1. The van der Waals surface area contributed by atoms with Gasteiger partial charge < -0.3 is 9.88 Å². The van der Waals surface area contributed by atoms with Gasteiger partial charge in [-0.25, -0.2) is 4.98 Å². The predicted octanol–water partition coefficient (Wildman–Crippen LogP) is 1.81. The number of nitrogens with one attached hydrogen (secondary N) is 1. The summed E-state index contributed by atoms with van der Waals surface area (Å²) in [6, 6.07) is 10.7. The van der Waals surface area contributed by atoms with Crippen molar-refractivity contribution in [2.24, 2.45) is 7.05 Å². The minimum Gasteiger partial charge on any atom is -0.337 e. The van der Waals surface area contributed by atoms with Gasteiger partial charge in [0.25, 0.3) is 0 Å². The molecule has 1 unspecified atom stereocenters. The second-order valence-electron chi connectivity index (χ2n) is 6.62. The standard InChI is InChI=1S/C19H24N6/c1-23-9-8-21-19(23)18-12-20-7-10-24(18)13-17-11-22-25(15-17)14-16-5-3-2-4-6-16/h2-6,8-9,11,15,18,20H,7,10,12-14H2,1H3. The van der Waals surface area contributed by atoms with Crippen LogP contribution < -0.4 is 5.32 Å². The first-order chi connectivity index (χ1) is 12.3. The fourth-order valence-corrected chi connectivity index (χ4v) is 3.47. The van der Waals surface area contributed by atoms with Crippen LogP contribution in [-0.4, -0.2) is 43.9 Å². The van der Waals surface area contributed by atoms with Crippen LogP contribution in [0.2, 0.25) is 0 Å². The van der Waals surface area contributed by atoms with Crippen LogP contribution in [0.25, 0.3) is 0 Å². The van der Waals surface area contributed by atoms with E-state index in [1.54, 1.807) is 0 Å². The molecule has 1 aliphatic heterocycles. The first kappa shape index (κ1) is 16.1. The van der Waals surface area contributed by atoms with Crippen molar-refractivity contribution in [1.82, 2.24) is 29.5 Å². The summed E-state index contributed by atoms with van der Waals surface area (Å²) >= 11 is 0. The molecule has 130 valence electrons. The first-order valence-corrected chi connectivity index (χ1v) is 8.77. The highest BCUT2D eigenvalue weighted by molar-refractivity contribution is 5.16. The molecule has 3 heterocycles. The Labute approximate surface area is 148 Å². The molecule has 1 aliphatic rings. The smallest absolute Gasteiger partial charge is 0.127 e. The van der Waals surface area contributed by atoms with E-state index >= 15 is 0 Å². The van der Waals surface area contributed by atoms with E-state index < -0.39 is 0 Å². The molecule has 0 bridgehead atoms. The number of hydrogen-bond donors (Lipinski definition) is 1. The lowest BCUT2D eigenvalue weighted by Crippen LogP contribution is -2.46. The molecule has 3 aromatic rings. The molecule has 0 aliphatic carbocycles. The molecule has 25 heavy (non-hydrogen) atoms. The van der Waals surface area contributed by atoms with Crippen molar-refractivity contribution >= 4 is 0 Å². The number of rotatable bonds is 5. The molecule has 0 amide bonds. The number of nitrogens with zero attached hydrogens (tertiary/aromatic N) is 5. The van der Waals surface area contributed by atoms with Gasteiger partial charge in [0, 0.05) is 57.4 Å². The molecule has 4 rings (SSSR count). The van der Waals surface area contributed by atoms with Gasteiger partial charge in [0.05, 0.1) is 18.8 Å². The van der Waals surface area contributed by atoms with Crippen LogP contribution in [-0.2, 0) is 20.1 Å². The largest absolute Gasteiger partial charge is 0.337 e. The molecular weight excluding hydrogens is 312 g/mol. The van der Waals surface area contributed by atoms with E-state index in [1.807, 2.05) is 29.3 Å². The maximum Gasteiger partial charge on any atom is 0.127 e. The summed E-state index contributed by atoms with van der Waals surface area (Å²) in [5.41, 5.74) is 2.52. The van der Waals surface area contributed by atoms with E-state index in [0.717, 1.165) is 38.5 Å². The van der Waals surface area contributed by atoms with E-state index in [9.17, 15) is 0 Å². The lowest BCUT2D eigenvalue weighted by Gasteiger charge is -2.35. The van der Waals surface area contributed by atoms with Crippen LogP contribution in [0.5, 0.6) is 0 Å². The number of hydrogen-bond acceptors (Lipinski definition) is 4. The van der Waals surface area contributed by atoms with E-state index in [0.29, 0.717) is 6.04 Å². The molecule has 1 N–H and O–H groups in total. The average Bonchev–Trinajstić information content (AvgIpc) is 3.25. The molecule has 1 fully saturated rings. The number of aryl methyl sites for hydroxylation is 1. The number of piperazine rings is 1. The van der Waals surface area contributed by atoms with Gasteiger partial charge in [-0.15, -0.1) is 0 Å². The monoisotopic (exact) mass is 336 g/mol. The number of benzene rings is 1. The summed E-state index contributed by atoms with van der Waals surface area (Å²) in [5, 5.41) is 8.02. The van der Waals surface area contributed by atoms with Crippen molar-refractivity contribution in [2.75, 3.05) is 19.6 Å². The van der Waals surface area contributed by atoms with Crippen molar-refractivity contribution < 1.29 is 0 Å². The Kier molecular flexibility index (Phi) is 4.63. The fourth-order valence-electron chi connectivity index (χ4n) is 3.47. The van der Waals surface area contributed by atoms with Gasteiger partial charge in [-0.05, 0) is 5.56 Å². The molecule has 6 nitrogen and oxygen atoms in total. The second kappa shape index (κ2) is 7.21. The summed E-state index contributed by atoms with van der Waals surface area (Å²) in [4.78, 5) is 7.04. The topological polar surface area (TPSA) is 50.9 Å². The number of aromatic nitrogens is 4. The van der Waals surface area contributed by atoms with E-state index in [4.69, 9.17) is 0 Å². The predicted molar refractivity (Wildman–Crippen MR) is 97.0 cm³/mol. The highest BCUT2D eigenvalue weighted by Crippen LogP contribution is 2.22. The molecule has 0 spiro atoms. The van der Waals surface area contributed by atoms with Crippen LogP contribution in [0, 0.1) is 0 Å². The van der Waals surface area contributed by atoms with Crippen molar-refractivity contribution in [3.8, 4) is 0 Å². The van der Waals surface area contributed by atoms with Crippen LogP contribution in [0.15, 0.2) is 55.1 Å². The van der Waals surface area contributed by atoms with Crippen molar-refractivity contribution in [2.45, 2.75) is 19.1 Å². The third-order valence-electron chi connectivity index (χ3n) is 4.77. The SMILES string of the molecule is Cn1ccnc1C1CNCCN1Cc1cnn(Cc2ccccc2)c1. The van der Waals surface area contributed by atoms with Crippen molar-refractivity contribution in [3.63, 3.8) is 0 Å². The molecule has 6 heteroatoms. The third-order valence-corrected chi connectivity index (χ3v) is 4.77. The van der Waals surface area contributed by atoms with Gasteiger partial charge in [-0.3, -0.25) is 9.58 Å². The van der Waals surface area contributed by atoms with Gasteiger partial charge in [-0.2, -0.15) is 5.10 Å². The third kappa shape index (κ3) is 3.65. The summed E-state index contributed by atoms with van der Waals surface area (Å²) in [6.45, 7) is 4.67. The molecule has 0 radical (unpaired) electrons. The highest BCUT2D eigenvalue weighted by atomic mass is 15.3. The van der Waals surface area contributed by atoms with Gasteiger partial charge in [0.2, 0.25) is 0 Å². The molecule has 1 saturated heterocycles. The zero-order valence-electron chi connectivity index (χ0n) is 14.5. The van der Waals surface area contributed by atoms with Crippen molar-refractivity contribution in [3.05, 3.63) is 72.1 Å². The molecule has 2 aromatic heterocycles. The lowest BCUT2D eigenvalue weighted by atomic mass is 10.1. The zero-order chi connectivity index (χ0) is 17.1. The van der Waals surface area contributed by atoms with Gasteiger partial charge in [0.1, 0.15) is 5.82 Å². The lowest BCUT2D eigenvalue weighted by molar-refractivity contribution is 0.144. The fraction of sp³-hybridized carbons (Fsp3) is 0.368.